The fraction of sp³-hybridized carbons (Fsp3) is 0.211. The summed E-state index contributed by atoms with van der Waals surface area (Å²) in [6.07, 6.45) is 3.66. The Morgan fingerprint density at radius 1 is 1.32 bits per heavy atom. The number of hydroxylamine groups is 2. The van der Waals surface area contributed by atoms with Crippen LogP contribution in [-0.4, -0.2) is 28.4 Å². The zero-order valence-corrected chi connectivity index (χ0v) is 15.8. The van der Waals surface area contributed by atoms with Gasteiger partial charge in [0.05, 0.1) is 17.8 Å². The van der Waals surface area contributed by atoms with Crippen LogP contribution in [0.4, 0.5) is 4.39 Å². The second-order valence-corrected chi connectivity index (χ2v) is 6.89. The maximum absolute atomic E-state index is 14.2. The van der Waals surface area contributed by atoms with Crippen molar-refractivity contribution in [2.75, 3.05) is 7.05 Å². The van der Waals surface area contributed by atoms with Crippen molar-refractivity contribution >= 4 is 32.4 Å². The van der Waals surface area contributed by atoms with Gasteiger partial charge in [-0.25, -0.2) is 4.39 Å². The Hall–Kier alpha value is -2.18. The third kappa shape index (κ3) is 4.08. The lowest BCUT2D eigenvalue weighted by Gasteiger charge is -2.23. The summed E-state index contributed by atoms with van der Waals surface area (Å²) in [5, 5.41) is 9.06. The third-order valence-electron chi connectivity index (χ3n) is 4.10. The predicted octanol–water partition coefficient (Wildman–Crippen LogP) is 5.18. The minimum atomic E-state index is -0.415. The highest BCUT2D eigenvalue weighted by Gasteiger charge is 2.14. The van der Waals surface area contributed by atoms with Gasteiger partial charge in [0.2, 0.25) is 0 Å². The Bertz CT molecular complexity index is 905. The van der Waals surface area contributed by atoms with E-state index in [4.69, 9.17) is 4.84 Å². The second kappa shape index (κ2) is 7.37. The van der Waals surface area contributed by atoms with Gasteiger partial charge in [-0.2, -0.15) is 5.10 Å². The molecule has 3 aromatic rings. The Morgan fingerprint density at radius 2 is 2.04 bits per heavy atom. The lowest BCUT2D eigenvalue weighted by Crippen LogP contribution is -2.31. The number of hydrogen-bond acceptors (Lipinski definition) is 3. The molecule has 1 N–H and O–H groups in total. The molecule has 0 aliphatic carbocycles. The zero-order valence-electron chi connectivity index (χ0n) is 14.3. The molecular formula is C19H19BrFN3O. The number of rotatable bonds is 5. The van der Waals surface area contributed by atoms with Crippen LogP contribution >= 0.6 is 15.9 Å². The van der Waals surface area contributed by atoms with Crippen molar-refractivity contribution in [3.05, 3.63) is 64.5 Å². The van der Waals surface area contributed by atoms with Gasteiger partial charge in [0.15, 0.2) is 11.6 Å². The van der Waals surface area contributed by atoms with Crippen LogP contribution in [0.25, 0.3) is 16.5 Å². The van der Waals surface area contributed by atoms with Gasteiger partial charge in [-0.15, -0.1) is 5.06 Å². The first-order valence-corrected chi connectivity index (χ1v) is 8.71. The first-order valence-electron chi connectivity index (χ1n) is 7.92. The van der Waals surface area contributed by atoms with Crippen molar-refractivity contribution in [2.45, 2.75) is 19.9 Å². The standard InChI is InChI=1S/C19H19BrFN3O/c1-12(14-4-6-16(20)7-5-14)8-13(2)24(3)25-19-10-18-15(9-17(19)21)11-22-23-18/h4-11,13H,1-3H3,(H,22,23). The molecular weight excluding hydrogens is 385 g/mol. The van der Waals surface area contributed by atoms with Crippen molar-refractivity contribution in [2.24, 2.45) is 0 Å². The largest absolute Gasteiger partial charge is 0.403 e. The fourth-order valence-corrected chi connectivity index (χ4v) is 2.79. The van der Waals surface area contributed by atoms with E-state index in [1.54, 1.807) is 24.4 Å². The molecule has 0 fully saturated rings. The van der Waals surface area contributed by atoms with Crippen LogP contribution < -0.4 is 4.84 Å². The number of allylic oxidation sites excluding steroid dienone is 1. The third-order valence-corrected chi connectivity index (χ3v) is 4.63. The number of likely N-dealkylation sites (N-methyl/N-ethyl adjacent to an activating group) is 1. The molecule has 6 heteroatoms. The van der Waals surface area contributed by atoms with E-state index in [0.717, 1.165) is 21.1 Å². The molecule has 0 saturated carbocycles. The molecule has 1 unspecified atom stereocenters. The van der Waals surface area contributed by atoms with Gasteiger partial charge in [-0.05, 0) is 43.2 Å². The molecule has 3 rings (SSSR count). The molecule has 0 amide bonds. The van der Waals surface area contributed by atoms with Crippen molar-refractivity contribution in [3.63, 3.8) is 0 Å². The van der Waals surface area contributed by atoms with Crippen molar-refractivity contribution in [3.8, 4) is 5.75 Å². The first kappa shape index (κ1) is 17.6. The first-order chi connectivity index (χ1) is 11.9. The van der Waals surface area contributed by atoms with E-state index in [9.17, 15) is 4.39 Å². The summed E-state index contributed by atoms with van der Waals surface area (Å²) < 4.78 is 15.2. The van der Waals surface area contributed by atoms with Gasteiger partial charge in [0.25, 0.3) is 0 Å². The van der Waals surface area contributed by atoms with Gasteiger partial charge in [-0.1, -0.05) is 34.1 Å². The zero-order chi connectivity index (χ0) is 18.0. The van der Waals surface area contributed by atoms with E-state index < -0.39 is 5.82 Å². The van der Waals surface area contributed by atoms with E-state index in [1.165, 1.54) is 6.07 Å². The second-order valence-electron chi connectivity index (χ2n) is 5.97. The quantitative estimate of drug-likeness (QED) is 0.596. The smallest absolute Gasteiger partial charge is 0.185 e. The maximum Gasteiger partial charge on any atom is 0.185 e. The molecule has 25 heavy (non-hydrogen) atoms. The van der Waals surface area contributed by atoms with E-state index in [2.05, 4.69) is 44.3 Å². The Kier molecular flexibility index (Phi) is 5.20. The van der Waals surface area contributed by atoms with E-state index in [-0.39, 0.29) is 11.8 Å². The van der Waals surface area contributed by atoms with E-state index in [0.29, 0.717) is 5.39 Å². The summed E-state index contributed by atoms with van der Waals surface area (Å²) in [6.45, 7) is 4.04. The summed E-state index contributed by atoms with van der Waals surface area (Å²) in [4.78, 5) is 5.70. The summed E-state index contributed by atoms with van der Waals surface area (Å²) in [5.74, 6) is -0.248. The van der Waals surface area contributed by atoms with Gasteiger partial charge in [0, 0.05) is 23.0 Å². The number of benzene rings is 2. The van der Waals surface area contributed by atoms with Crippen molar-refractivity contribution in [1.82, 2.24) is 15.3 Å². The molecule has 1 aromatic heterocycles. The molecule has 4 nitrogen and oxygen atoms in total. The number of aromatic amines is 1. The van der Waals surface area contributed by atoms with Crippen LogP contribution in [0.2, 0.25) is 0 Å². The molecule has 1 heterocycles. The molecule has 0 saturated heterocycles. The lowest BCUT2D eigenvalue weighted by atomic mass is 10.1. The molecule has 0 aliphatic rings. The average molecular weight is 404 g/mol. The van der Waals surface area contributed by atoms with Gasteiger partial charge in [-0.3, -0.25) is 5.10 Å². The number of aromatic nitrogens is 2. The van der Waals surface area contributed by atoms with E-state index in [1.807, 2.05) is 26.0 Å². The average Bonchev–Trinajstić information content (AvgIpc) is 3.02. The number of H-pyrrole nitrogens is 1. The summed E-state index contributed by atoms with van der Waals surface area (Å²) in [5.41, 5.74) is 2.99. The monoisotopic (exact) mass is 403 g/mol. The predicted molar refractivity (Wildman–Crippen MR) is 102 cm³/mol. The lowest BCUT2D eigenvalue weighted by molar-refractivity contribution is -0.0533. The van der Waals surface area contributed by atoms with Crippen LogP contribution in [0.1, 0.15) is 19.4 Å². The van der Waals surface area contributed by atoms with E-state index >= 15 is 0 Å². The highest BCUT2D eigenvalue weighted by Crippen LogP contribution is 2.25. The van der Waals surface area contributed by atoms with Gasteiger partial charge in [0.1, 0.15) is 0 Å². The van der Waals surface area contributed by atoms with Crippen LogP contribution in [0.3, 0.4) is 0 Å². The summed E-state index contributed by atoms with van der Waals surface area (Å²) >= 11 is 3.44. The number of halogens is 2. The minimum Gasteiger partial charge on any atom is -0.403 e. The molecule has 1 atom stereocenters. The van der Waals surface area contributed by atoms with Crippen LogP contribution in [0, 0.1) is 5.82 Å². The molecule has 2 aromatic carbocycles. The molecule has 0 radical (unpaired) electrons. The summed E-state index contributed by atoms with van der Waals surface area (Å²) in [6, 6.07) is 11.1. The van der Waals surface area contributed by atoms with Crippen LogP contribution in [0.5, 0.6) is 5.75 Å². The Labute approximate surface area is 154 Å². The number of nitrogens with one attached hydrogen (secondary N) is 1. The normalized spacial score (nSPS) is 13.4. The number of hydrogen-bond donors (Lipinski definition) is 1. The Morgan fingerprint density at radius 3 is 2.76 bits per heavy atom. The highest BCUT2D eigenvalue weighted by molar-refractivity contribution is 9.10. The number of nitrogens with zero attached hydrogens (tertiary/aromatic N) is 2. The Balaban J connectivity index is 1.74. The summed E-state index contributed by atoms with van der Waals surface area (Å²) in [7, 11) is 1.78. The van der Waals surface area contributed by atoms with Crippen molar-refractivity contribution < 1.29 is 9.23 Å². The highest BCUT2D eigenvalue weighted by atomic mass is 79.9. The van der Waals surface area contributed by atoms with Crippen molar-refractivity contribution in [1.29, 1.82) is 0 Å². The van der Waals surface area contributed by atoms with Gasteiger partial charge >= 0.3 is 0 Å². The van der Waals surface area contributed by atoms with Crippen LogP contribution in [-0.2, 0) is 0 Å². The molecule has 0 spiro atoms. The molecule has 0 aliphatic heterocycles. The SMILES string of the molecule is CC(=CC(C)N(C)Oc1cc2[nH]ncc2cc1F)c1ccc(Br)cc1. The van der Waals surface area contributed by atoms with Gasteiger partial charge < -0.3 is 4.84 Å². The minimum absolute atomic E-state index is 0.0412. The van der Waals surface area contributed by atoms with Crippen LogP contribution in [0.15, 0.2) is 53.1 Å². The fourth-order valence-electron chi connectivity index (χ4n) is 2.53. The molecule has 0 bridgehead atoms. The maximum atomic E-state index is 14.2. The molecule has 130 valence electrons. The number of fused-ring (bicyclic) bond motifs is 1. The topological polar surface area (TPSA) is 41.1 Å².